The molecular weight excluding hydrogens is 409 g/mol. The Morgan fingerprint density at radius 1 is 0.576 bits per heavy atom. The van der Waals surface area contributed by atoms with E-state index in [1.54, 1.807) is 48.5 Å². The predicted molar refractivity (Wildman–Crippen MR) is 139 cm³/mol. The van der Waals surface area contributed by atoms with Crippen LogP contribution >= 0.6 is 0 Å². The van der Waals surface area contributed by atoms with Crippen molar-refractivity contribution < 1.29 is 18.8 Å². The molecule has 0 atom stereocenters. The lowest BCUT2D eigenvalue weighted by atomic mass is 10.1. The second-order valence-corrected chi connectivity index (χ2v) is 8.80. The van der Waals surface area contributed by atoms with E-state index in [-0.39, 0.29) is 0 Å². The van der Waals surface area contributed by atoms with Gasteiger partial charge in [0.25, 0.3) is 0 Å². The fourth-order valence-corrected chi connectivity index (χ4v) is 3.89. The lowest BCUT2D eigenvalue weighted by Gasteiger charge is -2.39. The zero-order valence-corrected chi connectivity index (χ0v) is 21.5. The third-order valence-electron chi connectivity index (χ3n) is 5.90. The fourth-order valence-electron chi connectivity index (χ4n) is 3.89. The normalized spacial score (nSPS) is 10.8. The summed E-state index contributed by atoms with van der Waals surface area (Å²) in [5.74, 6) is 0.997. The molecule has 0 fully saturated rings. The first-order chi connectivity index (χ1) is 16.1. The van der Waals surface area contributed by atoms with Crippen molar-refractivity contribution in [2.75, 3.05) is 26.2 Å². The van der Waals surface area contributed by atoms with E-state index < -0.39 is 7.32 Å². The molecule has 0 heterocycles. The Labute approximate surface area is 203 Å². The predicted octanol–water partition coefficient (Wildman–Crippen LogP) is 6.49. The van der Waals surface area contributed by atoms with Gasteiger partial charge < -0.3 is 18.8 Å². The molecule has 0 bridgehead atoms. The Morgan fingerprint density at radius 2 is 0.879 bits per heavy atom. The van der Waals surface area contributed by atoms with Crippen LogP contribution in [0.25, 0.3) is 0 Å². The second kappa shape index (κ2) is 18.5. The van der Waals surface area contributed by atoms with Crippen LogP contribution in [-0.2, 0) is 0 Å². The molecule has 0 spiro atoms. The van der Waals surface area contributed by atoms with Gasteiger partial charge in [-0.2, -0.15) is 0 Å². The monoisotopic (exact) mass is 455 g/mol. The topological polar surface area (TPSA) is 41.5 Å². The fraction of sp³-hybridized carbons (Fsp3) is 0.571. The minimum Gasteiger partial charge on any atom is -0.808 e. The Hall–Kier alpha value is -1.98. The summed E-state index contributed by atoms with van der Waals surface area (Å²) in [5.41, 5.74) is 0. The Bertz CT molecular complexity index is 605. The van der Waals surface area contributed by atoms with E-state index in [1.807, 2.05) is 12.1 Å². The van der Waals surface area contributed by atoms with Crippen LogP contribution in [-0.4, -0.2) is 38.0 Å². The smallest absolute Gasteiger partial charge is 0.492 e. The molecule has 0 aromatic heterocycles. The van der Waals surface area contributed by atoms with Crippen molar-refractivity contribution in [2.45, 2.75) is 79.1 Å². The molecule has 5 heteroatoms. The number of nitrogens with zero attached hydrogens (tertiary/aromatic N) is 1. The van der Waals surface area contributed by atoms with E-state index in [0.717, 1.165) is 0 Å². The van der Waals surface area contributed by atoms with Gasteiger partial charge in [0.1, 0.15) is 11.5 Å². The molecule has 0 amide bonds. The maximum atomic E-state index is 11.4. The highest BCUT2D eigenvalue weighted by Gasteiger charge is 2.24. The summed E-state index contributed by atoms with van der Waals surface area (Å²) in [6.07, 6.45) is 11.1. The second-order valence-electron chi connectivity index (χ2n) is 8.80. The van der Waals surface area contributed by atoms with Gasteiger partial charge >= 0.3 is 7.32 Å². The average Bonchev–Trinajstić information content (AvgIpc) is 2.85. The molecular formula is C28H46BNO3. The molecule has 2 aromatic rings. The molecule has 33 heavy (non-hydrogen) atoms. The number of hydrogen-bond donors (Lipinski definition) is 0. The SMILES string of the molecule is CCCC[N+](CCCC)(CCCC)CCCC.[O-]B(Oc1ccccc1)Oc1ccccc1. The Balaban J connectivity index is 0.000000330. The van der Waals surface area contributed by atoms with E-state index >= 15 is 0 Å². The van der Waals surface area contributed by atoms with Gasteiger partial charge in [-0.3, -0.25) is 0 Å². The summed E-state index contributed by atoms with van der Waals surface area (Å²) in [6.45, 7) is 15.0. The van der Waals surface area contributed by atoms with Gasteiger partial charge in [0.05, 0.1) is 26.2 Å². The van der Waals surface area contributed by atoms with Gasteiger partial charge in [-0.1, -0.05) is 89.8 Å². The van der Waals surface area contributed by atoms with Crippen molar-refractivity contribution in [3.8, 4) is 11.5 Å². The van der Waals surface area contributed by atoms with Crippen LogP contribution in [0, 0.1) is 0 Å². The first kappa shape index (κ1) is 29.1. The molecule has 0 N–H and O–H groups in total. The quantitative estimate of drug-likeness (QED) is 0.215. The Kier molecular flexibility index (Phi) is 16.2. The molecule has 0 saturated carbocycles. The highest BCUT2D eigenvalue weighted by atomic mass is 16.7. The molecule has 4 nitrogen and oxygen atoms in total. The van der Waals surface area contributed by atoms with Crippen LogP contribution in [0.15, 0.2) is 60.7 Å². The third-order valence-corrected chi connectivity index (χ3v) is 5.90. The molecule has 184 valence electrons. The number of rotatable bonds is 16. The van der Waals surface area contributed by atoms with Gasteiger partial charge in [-0.05, 0) is 49.9 Å². The maximum Gasteiger partial charge on any atom is 0.492 e. The van der Waals surface area contributed by atoms with Crippen molar-refractivity contribution in [3.63, 3.8) is 0 Å². The van der Waals surface area contributed by atoms with Crippen LogP contribution < -0.4 is 14.3 Å². The number of quaternary nitrogens is 1. The van der Waals surface area contributed by atoms with Crippen molar-refractivity contribution in [1.29, 1.82) is 0 Å². The minimum atomic E-state index is -1.55. The lowest BCUT2D eigenvalue weighted by molar-refractivity contribution is -0.929. The molecule has 0 unspecified atom stereocenters. The van der Waals surface area contributed by atoms with E-state index in [1.165, 1.54) is 82.0 Å². The number of benzene rings is 2. The molecule has 0 saturated heterocycles. The summed E-state index contributed by atoms with van der Waals surface area (Å²) in [7, 11) is -1.55. The zero-order chi connectivity index (χ0) is 24.2. The van der Waals surface area contributed by atoms with E-state index in [9.17, 15) is 5.02 Å². The summed E-state index contributed by atoms with van der Waals surface area (Å²) in [4.78, 5) is 0. The van der Waals surface area contributed by atoms with Gasteiger partial charge in [-0.15, -0.1) is 0 Å². The van der Waals surface area contributed by atoms with Crippen molar-refractivity contribution >= 4 is 7.32 Å². The standard InChI is InChI=1S/C16H36N.C12H10BO3/c1-5-9-13-17(14-10-6-2,15-11-7-3)16-12-8-4;14-13(15-11-7-3-1-4-8-11)16-12-9-5-2-6-10-12/h5-16H2,1-4H3;1-10H/q+1;-1. The summed E-state index contributed by atoms with van der Waals surface area (Å²) in [6, 6.07) is 17.7. The van der Waals surface area contributed by atoms with Crippen molar-refractivity contribution in [3.05, 3.63) is 60.7 Å². The number of unbranched alkanes of at least 4 members (excludes halogenated alkanes) is 4. The van der Waals surface area contributed by atoms with Gasteiger partial charge in [0, 0.05) is 0 Å². The van der Waals surface area contributed by atoms with Crippen molar-refractivity contribution in [2.24, 2.45) is 0 Å². The molecule has 2 rings (SSSR count). The van der Waals surface area contributed by atoms with Crippen LogP contribution in [0.3, 0.4) is 0 Å². The van der Waals surface area contributed by atoms with Gasteiger partial charge in [0.2, 0.25) is 0 Å². The van der Waals surface area contributed by atoms with E-state index in [0.29, 0.717) is 11.5 Å². The first-order valence-corrected chi connectivity index (χ1v) is 13.0. The summed E-state index contributed by atoms with van der Waals surface area (Å²) < 4.78 is 11.5. The number of hydrogen-bond acceptors (Lipinski definition) is 3. The highest BCUT2D eigenvalue weighted by molar-refractivity contribution is 6.34. The van der Waals surface area contributed by atoms with Crippen molar-refractivity contribution in [1.82, 2.24) is 0 Å². The third kappa shape index (κ3) is 13.4. The van der Waals surface area contributed by atoms with Crippen LogP contribution in [0.1, 0.15) is 79.1 Å². The summed E-state index contributed by atoms with van der Waals surface area (Å²) >= 11 is 0. The van der Waals surface area contributed by atoms with Crippen LogP contribution in [0.5, 0.6) is 11.5 Å². The van der Waals surface area contributed by atoms with E-state index in [2.05, 4.69) is 27.7 Å². The molecule has 0 aliphatic carbocycles. The van der Waals surface area contributed by atoms with Crippen LogP contribution in [0.2, 0.25) is 0 Å². The average molecular weight is 455 g/mol. The first-order valence-electron chi connectivity index (χ1n) is 13.0. The van der Waals surface area contributed by atoms with Gasteiger partial charge in [0.15, 0.2) is 0 Å². The molecule has 2 aromatic carbocycles. The maximum absolute atomic E-state index is 11.4. The Morgan fingerprint density at radius 3 is 1.15 bits per heavy atom. The molecule has 0 aliphatic rings. The summed E-state index contributed by atoms with van der Waals surface area (Å²) in [5, 5.41) is 11.4. The number of para-hydroxylation sites is 2. The largest absolute Gasteiger partial charge is 0.808 e. The van der Waals surface area contributed by atoms with Crippen LogP contribution in [0.4, 0.5) is 0 Å². The molecule has 0 aliphatic heterocycles. The molecule has 0 radical (unpaired) electrons. The lowest BCUT2D eigenvalue weighted by Crippen LogP contribution is -2.50. The highest BCUT2D eigenvalue weighted by Crippen LogP contribution is 2.16. The zero-order valence-electron chi connectivity index (χ0n) is 21.5. The van der Waals surface area contributed by atoms with E-state index in [4.69, 9.17) is 9.31 Å². The minimum absolute atomic E-state index is 0.499. The van der Waals surface area contributed by atoms with Gasteiger partial charge in [-0.25, -0.2) is 0 Å².